The molecule has 4 heteroatoms. The minimum atomic E-state index is -0.848. The summed E-state index contributed by atoms with van der Waals surface area (Å²) in [4.78, 5) is 10.8. The molecule has 0 aromatic heterocycles. The van der Waals surface area contributed by atoms with Crippen LogP contribution in [0.1, 0.15) is 69.6 Å². The summed E-state index contributed by atoms with van der Waals surface area (Å²) in [6.45, 7) is 8.53. The Kier molecular flexibility index (Phi) is 7.25. The number of phenols is 1. The van der Waals surface area contributed by atoms with Gasteiger partial charge < -0.3 is 14.9 Å². The van der Waals surface area contributed by atoms with Crippen LogP contribution in [-0.4, -0.2) is 21.8 Å². The number of benzene rings is 1. The number of hydrogen-bond acceptors (Lipinski definition) is 3. The molecule has 0 saturated heterocycles. The predicted octanol–water partition coefficient (Wildman–Crippen LogP) is 5.46. The first-order chi connectivity index (χ1) is 12.7. The van der Waals surface area contributed by atoms with E-state index >= 15 is 0 Å². The summed E-state index contributed by atoms with van der Waals surface area (Å²) in [6, 6.07) is 3.67. The Hall–Kier alpha value is -2.07. The van der Waals surface area contributed by atoms with Crippen LogP contribution in [0.25, 0.3) is 0 Å². The van der Waals surface area contributed by atoms with Crippen molar-refractivity contribution >= 4 is 5.97 Å². The number of ether oxygens (including phenoxy) is 1. The van der Waals surface area contributed by atoms with E-state index in [2.05, 4.69) is 19.9 Å². The number of aryl methyl sites for hydroxylation is 2. The Balaban J connectivity index is 1.88. The molecule has 1 aromatic carbocycles. The molecule has 27 heavy (non-hydrogen) atoms. The summed E-state index contributed by atoms with van der Waals surface area (Å²) >= 11 is 0. The maximum Gasteiger partial charge on any atom is 0.330 e. The van der Waals surface area contributed by atoms with Crippen molar-refractivity contribution in [2.75, 3.05) is 0 Å². The van der Waals surface area contributed by atoms with Crippen molar-refractivity contribution in [3.8, 4) is 5.75 Å². The quantitative estimate of drug-likeness (QED) is 0.493. The second-order valence-electron chi connectivity index (χ2n) is 7.96. The fourth-order valence-electron chi connectivity index (χ4n) is 3.54. The minimum absolute atomic E-state index is 0.169. The first-order valence-corrected chi connectivity index (χ1v) is 9.71. The second-order valence-corrected chi connectivity index (χ2v) is 7.96. The van der Waals surface area contributed by atoms with E-state index in [1.807, 2.05) is 13.0 Å². The number of aromatic hydroxyl groups is 1. The molecule has 1 heterocycles. The van der Waals surface area contributed by atoms with Gasteiger partial charge in [-0.1, -0.05) is 17.7 Å². The van der Waals surface area contributed by atoms with Gasteiger partial charge in [-0.25, -0.2) is 4.79 Å². The Bertz CT molecular complexity index is 745. The average molecular weight is 373 g/mol. The van der Waals surface area contributed by atoms with Crippen LogP contribution in [0.2, 0.25) is 0 Å². The van der Waals surface area contributed by atoms with E-state index in [1.165, 1.54) is 16.7 Å². The van der Waals surface area contributed by atoms with E-state index in [0.29, 0.717) is 17.9 Å². The molecule has 1 unspecified atom stereocenters. The largest absolute Gasteiger partial charge is 0.508 e. The molecule has 148 valence electrons. The third-order valence-electron chi connectivity index (χ3n) is 5.53. The molecule has 4 nitrogen and oxygen atoms in total. The van der Waals surface area contributed by atoms with Crippen LogP contribution in [0.3, 0.4) is 0 Å². The van der Waals surface area contributed by atoms with Gasteiger partial charge in [-0.2, -0.15) is 0 Å². The zero-order valence-electron chi connectivity index (χ0n) is 17.0. The molecule has 0 aliphatic carbocycles. The first-order valence-electron chi connectivity index (χ1n) is 9.71. The number of phenolic OH excluding ortho intramolecular Hbond substituents is 1. The van der Waals surface area contributed by atoms with Crippen LogP contribution < -0.4 is 0 Å². The third-order valence-corrected chi connectivity index (χ3v) is 5.53. The standard InChI is InChI=1S/C23H32O4/c1-16(7-5-9-17(2)22(25)26)8-6-11-23(4)12-10-19-14-20(24)13-18(3)21(19)15-27-23/h8-9,13-14,24H,5-7,10-12,15H2,1-4H3,(H,25,26)/b16-8+,17-9+. The topological polar surface area (TPSA) is 66.8 Å². The summed E-state index contributed by atoms with van der Waals surface area (Å²) in [5.41, 5.74) is 5.02. The van der Waals surface area contributed by atoms with Crippen LogP contribution in [0.5, 0.6) is 5.75 Å². The highest BCUT2D eigenvalue weighted by Gasteiger charge is 2.28. The zero-order chi connectivity index (χ0) is 20.0. The molecule has 1 atom stereocenters. The summed E-state index contributed by atoms with van der Waals surface area (Å²) in [5.74, 6) is -0.514. The summed E-state index contributed by atoms with van der Waals surface area (Å²) in [7, 11) is 0. The van der Waals surface area contributed by atoms with Gasteiger partial charge in [0.25, 0.3) is 0 Å². The fraction of sp³-hybridized carbons (Fsp3) is 0.522. The zero-order valence-corrected chi connectivity index (χ0v) is 17.0. The van der Waals surface area contributed by atoms with Gasteiger partial charge in [0.05, 0.1) is 12.2 Å². The van der Waals surface area contributed by atoms with Crippen molar-refractivity contribution in [2.24, 2.45) is 0 Å². The van der Waals surface area contributed by atoms with E-state index in [-0.39, 0.29) is 5.60 Å². The molecule has 0 bridgehead atoms. The van der Waals surface area contributed by atoms with Gasteiger partial charge in [0.2, 0.25) is 0 Å². The SMILES string of the molecule is C/C(=C\CCC1(C)CCc2cc(O)cc(C)c2CO1)CC/C=C(\C)C(=O)O. The van der Waals surface area contributed by atoms with Gasteiger partial charge in [0.15, 0.2) is 0 Å². The molecular weight excluding hydrogens is 340 g/mol. The first kappa shape index (κ1) is 21.2. The molecule has 0 saturated carbocycles. The van der Waals surface area contributed by atoms with Gasteiger partial charge in [0, 0.05) is 5.57 Å². The highest BCUT2D eigenvalue weighted by molar-refractivity contribution is 5.85. The average Bonchev–Trinajstić information content (AvgIpc) is 2.74. The smallest absolute Gasteiger partial charge is 0.330 e. The fourth-order valence-corrected chi connectivity index (χ4v) is 3.54. The molecule has 0 spiro atoms. The molecule has 2 N–H and O–H groups in total. The number of carboxylic acid groups (broad SMARTS) is 1. The van der Waals surface area contributed by atoms with Gasteiger partial charge in [-0.05, 0) is 95.0 Å². The van der Waals surface area contributed by atoms with Crippen molar-refractivity contribution < 1.29 is 19.7 Å². The van der Waals surface area contributed by atoms with Crippen molar-refractivity contribution in [2.45, 2.75) is 78.4 Å². The molecule has 1 aliphatic rings. The summed E-state index contributed by atoms with van der Waals surface area (Å²) in [5, 5.41) is 18.7. The number of fused-ring (bicyclic) bond motifs is 1. The van der Waals surface area contributed by atoms with Crippen LogP contribution >= 0.6 is 0 Å². The van der Waals surface area contributed by atoms with Gasteiger partial charge in [-0.15, -0.1) is 0 Å². The van der Waals surface area contributed by atoms with Gasteiger partial charge in [0.1, 0.15) is 5.75 Å². The molecule has 1 aromatic rings. The third kappa shape index (κ3) is 6.24. The highest BCUT2D eigenvalue weighted by Crippen LogP contribution is 2.33. The number of carboxylic acids is 1. The van der Waals surface area contributed by atoms with Crippen molar-refractivity contribution in [1.29, 1.82) is 0 Å². The maximum atomic E-state index is 10.8. The Labute approximate surface area is 162 Å². The highest BCUT2D eigenvalue weighted by atomic mass is 16.5. The number of carbonyl (C=O) groups is 1. The van der Waals surface area contributed by atoms with Gasteiger partial charge in [-0.3, -0.25) is 0 Å². The van der Waals surface area contributed by atoms with E-state index in [9.17, 15) is 9.90 Å². The lowest BCUT2D eigenvalue weighted by molar-refractivity contribution is -0.132. The molecule has 2 rings (SSSR count). The number of allylic oxidation sites excluding steroid dienone is 3. The van der Waals surface area contributed by atoms with E-state index in [1.54, 1.807) is 19.1 Å². The number of hydrogen-bond donors (Lipinski definition) is 2. The second kappa shape index (κ2) is 9.23. The molecule has 1 aliphatic heterocycles. The monoisotopic (exact) mass is 372 g/mol. The lowest BCUT2D eigenvalue weighted by atomic mass is 9.91. The molecule has 0 radical (unpaired) electrons. The summed E-state index contributed by atoms with van der Waals surface area (Å²) in [6.07, 6.45) is 9.42. The number of rotatable bonds is 7. The Morgan fingerprint density at radius 2 is 2.00 bits per heavy atom. The Morgan fingerprint density at radius 3 is 2.70 bits per heavy atom. The van der Waals surface area contributed by atoms with Crippen molar-refractivity contribution in [1.82, 2.24) is 0 Å². The number of aliphatic carboxylic acids is 1. The summed E-state index contributed by atoms with van der Waals surface area (Å²) < 4.78 is 6.27. The lowest BCUT2D eigenvalue weighted by Crippen LogP contribution is -2.27. The van der Waals surface area contributed by atoms with Crippen molar-refractivity contribution in [3.05, 3.63) is 52.1 Å². The van der Waals surface area contributed by atoms with Crippen LogP contribution in [-0.2, 0) is 22.6 Å². The lowest BCUT2D eigenvalue weighted by Gasteiger charge is -2.28. The van der Waals surface area contributed by atoms with E-state index in [4.69, 9.17) is 9.84 Å². The van der Waals surface area contributed by atoms with E-state index < -0.39 is 5.97 Å². The Morgan fingerprint density at radius 1 is 1.26 bits per heavy atom. The van der Waals surface area contributed by atoms with Crippen molar-refractivity contribution in [3.63, 3.8) is 0 Å². The van der Waals surface area contributed by atoms with Crippen LogP contribution in [0.15, 0.2) is 35.4 Å². The van der Waals surface area contributed by atoms with Crippen LogP contribution in [0, 0.1) is 6.92 Å². The molecule has 0 fully saturated rings. The molecule has 0 amide bonds. The van der Waals surface area contributed by atoms with Gasteiger partial charge >= 0.3 is 5.97 Å². The maximum absolute atomic E-state index is 10.8. The normalized spacial score (nSPS) is 20.9. The van der Waals surface area contributed by atoms with Crippen LogP contribution in [0.4, 0.5) is 0 Å². The minimum Gasteiger partial charge on any atom is -0.508 e. The van der Waals surface area contributed by atoms with E-state index in [0.717, 1.165) is 44.1 Å². The molecular formula is C23H32O4. The predicted molar refractivity (Wildman–Crippen MR) is 108 cm³/mol.